The number of aryl methyl sites for hydroxylation is 1. The van der Waals surface area contributed by atoms with E-state index in [2.05, 4.69) is 10.4 Å². The molecule has 0 unspecified atom stereocenters. The van der Waals surface area contributed by atoms with Crippen molar-refractivity contribution in [1.29, 1.82) is 0 Å². The summed E-state index contributed by atoms with van der Waals surface area (Å²) in [7, 11) is 0. The number of hydrogen-bond acceptors (Lipinski definition) is 4. The summed E-state index contributed by atoms with van der Waals surface area (Å²) in [6.45, 7) is 5.73. The Labute approximate surface area is 159 Å². The quantitative estimate of drug-likeness (QED) is 0.800. The number of benzene rings is 1. The maximum Gasteiger partial charge on any atom is 0.433 e. The van der Waals surface area contributed by atoms with Gasteiger partial charge in [-0.15, -0.1) is 0 Å². The van der Waals surface area contributed by atoms with Gasteiger partial charge in [0.15, 0.2) is 12.3 Å². The van der Waals surface area contributed by atoms with Gasteiger partial charge in [0, 0.05) is 5.69 Å². The number of hydrogen-bond donors (Lipinski definition) is 2. The third-order valence-electron chi connectivity index (χ3n) is 3.73. The molecule has 2 N–H and O–H groups in total. The number of carbonyl (C=O) groups excluding carboxylic acids is 1. The zero-order valence-corrected chi connectivity index (χ0v) is 15.7. The van der Waals surface area contributed by atoms with E-state index in [0.717, 1.165) is 10.9 Å². The number of carboxylic acids is 1. The van der Waals surface area contributed by atoms with E-state index in [4.69, 9.17) is 9.84 Å². The molecule has 0 fully saturated rings. The molecule has 7 nitrogen and oxygen atoms in total. The SMILES string of the molecule is Cc1cc(OCC(=O)O)ccc1NC(=O)c1cnn(C(C)(C)C)c1C(F)(F)F. The summed E-state index contributed by atoms with van der Waals surface area (Å²) in [4.78, 5) is 23.0. The molecule has 0 atom stereocenters. The monoisotopic (exact) mass is 399 g/mol. The van der Waals surface area contributed by atoms with E-state index in [9.17, 15) is 22.8 Å². The highest BCUT2D eigenvalue weighted by Gasteiger charge is 2.42. The number of alkyl halides is 3. The van der Waals surface area contributed by atoms with Crippen LogP contribution in [0.15, 0.2) is 24.4 Å². The number of amides is 1. The molecular weight excluding hydrogens is 379 g/mol. The van der Waals surface area contributed by atoms with Crippen LogP contribution in [0.4, 0.5) is 18.9 Å². The lowest BCUT2D eigenvalue weighted by Gasteiger charge is -2.23. The van der Waals surface area contributed by atoms with Crippen LogP contribution in [0.1, 0.15) is 42.4 Å². The predicted octanol–water partition coefficient (Wildman–Crippen LogP) is 3.68. The van der Waals surface area contributed by atoms with Gasteiger partial charge in [-0.1, -0.05) is 0 Å². The van der Waals surface area contributed by atoms with Crippen LogP contribution in [-0.2, 0) is 16.5 Å². The second kappa shape index (κ2) is 7.53. The van der Waals surface area contributed by atoms with Crippen LogP contribution >= 0.6 is 0 Å². The molecule has 28 heavy (non-hydrogen) atoms. The van der Waals surface area contributed by atoms with Crippen molar-refractivity contribution in [2.24, 2.45) is 0 Å². The van der Waals surface area contributed by atoms with Gasteiger partial charge in [-0.2, -0.15) is 18.3 Å². The Kier molecular flexibility index (Phi) is 5.72. The average Bonchev–Trinajstić information content (AvgIpc) is 3.01. The molecular formula is C18H20F3N3O4. The highest BCUT2D eigenvalue weighted by molar-refractivity contribution is 6.05. The fourth-order valence-corrected chi connectivity index (χ4v) is 2.50. The molecule has 0 saturated heterocycles. The molecule has 0 radical (unpaired) electrons. The number of halogens is 3. The Balaban J connectivity index is 2.31. The van der Waals surface area contributed by atoms with Gasteiger partial charge in [0.25, 0.3) is 5.91 Å². The van der Waals surface area contributed by atoms with Crippen molar-refractivity contribution in [3.05, 3.63) is 41.2 Å². The van der Waals surface area contributed by atoms with Crippen LogP contribution in [0.5, 0.6) is 5.75 Å². The van der Waals surface area contributed by atoms with Crippen LogP contribution in [0.2, 0.25) is 0 Å². The van der Waals surface area contributed by atoms with E-state index in [1.165, 1.54) is 18.2 Å². The van der Waals surface area contributed by atoms with Gasteiger partial charge in [0.05, 0.1) is 17.3 Å². The van der Waals surface area contributed by atoms with Crippen LogP contribution in [0, 0.1) is 6.92 Å². The maximum atomic E-state index is 13.5. The first kappa shape index (κ1) is 21.3. The van der Waals surface area contributed by atoms with E-state index < -0.39 is 41.5 Å². The van der Waals surface area contributed by atoms with Gasteiger partial charge in [-0.05, 0) is 51.5 Å². The Bertz CT molecular complexity index is 898. The second-order valence-electron chi connectivity index (χ2n) is 7.10. The van der Waals surface area contributed by atoms with Gasteiger partial charge in [0.1, 0.15) is 5.75 Å². The number of aliphatic carboxylic acids is 1. The van der Waals surface area contributed by atoms with Crippen LogP contribution in [0.3, 0.4) is 0 Å². The van der Waals surface area contributed by atoms with Gasteiger partial charge in [0.2, 0.25) is 0 Å². The Morgan fingerprint density at radius 3 is 2.39 bits per heavy atom. The summed E-state index contributed by atoms with van der Waals surface area (Å²) in [6.07, 6.45) is -3.87. The van der Waals surface area contributed by atoms with Gasteiger partial charge >= 0.3 is 12.1 Å². The van der Waals surface area contributed by atoms with Crippen molar-refractivity contribution in [2.75, 3.05) is 11.9 Å². The van der Waals surface area contributed by atoms with Crippen molar-refractivity contribution < 1.29 is 32.6 Å². The molecule has 0 aliphatic carbocycles. The molecule has 0 bridgehead atoms. The first-order valence-corrected chi connectivity index (χ1v) is 8.23. The molecule has 1 aromatic heterocycles. The first-order valence-electron chi connectivity index (χ1n) is 8.23. The molecule has 10 heteroatoms. The topological polar surface area (TPSA) is 93.4 Å². The van der Waals surface area contributed by atoms with Crippen molar-refractivity contribution in [3.8, 4) is 5.75 Å². The molecule has 2 aromatic rings. The Morgan fingerprint density at radius 1 is 1.25 bits per heavy atom. The standard InChI is InChI=1S/C18H20F3N3O4/c1-10-7-11(28-9-14(25)26)5-6-13(10)23-16(27)12-8-22-24(17(2,3)4)15(12)18(19,20)21/h5-8H,9H2,1-4H3,(H,23,27)(H,25,26). The molecule has 0 saturated carbocycles. The third kappa shape index (κ3) is 4.81. The Hall–Kier alpha value is -3.04. The molecule has 0 spiro atoms. The lowest BCUT2D eigenvalue weighted by atomic mass is 10.1. The van der Waals surface area contributed by atoms with E-state index in [1.54, 1.807) is 27.7 Å². The van der Waals surface area contributed by atoms with Crippen LogP contribution in [0.25, 0.3) is 0 Å². The number of carboxylic acid groups (broad SMARTS) is 1. The minimum Gasteiger partial charge on any atom is -0.482 e. The number of ether oxygens (including phenoxy) is 1. The fourth-order valence-electron chi connectivity index (χ4n) is 2.50. The number of rotatable bonds is 5. The van der Waals surface area contributed by atoms with E-state index >= 15 is 0 Å². The van der Waals surface area contributed by atoms with Crippen molar-refractivity contribution in [1.82, 2.24) is 9.78 Å². The summed E-state index contributed by atoms with van der Waals surface area (Å²) in [5, 5.41) is 14.8. The zero-order chi connectivity index (χ0) is 21.3. The van der Waals surface area contributed by atoms with Crippen molar-refractivity contribution in [3.63, 3.8) is 0 Å². The minimum atomic E-state index is -4.76. The van der Waals surface area contributed by atoms with Crippen LogP contribution < -0.4 is 10.1 Å². The van der Waals surface area contributed by atoms with Crippen molar-refractivity contribution >= 4 is 17.6 Å². The molecule has 1 heterocycles. The second-order valence-corrected chi connectivity index (χ2v) is 7.10. The number of nitrogens with one attached hydrogen (secondary N) is 1. The summed E-state index contributed by atoms with van der Waals surface area (Å²) in [5.74, 6) is -1.84. The molecule has 0 aliphatic rings. The summed E-state index contributed by atoms with van der Waals surface area (Å²) >= 11 is 0. The number of carbonyl (C=O) groups is 2. The van der Waals surface area contributed by atoms with E-state index in [1.807, 2.05) is 0 Å². The normalized spacial score (nSPS) is 12.0. The molecule has 1 aromatic carbocycles. The Morgan fingerprint density at radius 2 is 1.89 bits per heavy atom. The van der Waals surface area contributed by atoms with Gasteiger partial charge in [-0.3, -0.25) is 9.48 Å². The molecule has 2 rings (SSSR count). The van der Waals surface area contributed by atoms with Gasteiger partial charge < -0.3 is 15.2 Å². The molecule has 0 aliphatic heterocycles. The number of aromatic nitrogens is 2. The summed E-state index contributed by atoms with van der Waals surface area (Å²) in [5.41, 5.74) is -1.93. The average molecular weight is 399 g/mol. The maximum absolute atomic E-state index is 13.5. The van der Waals surface area contributed by atoms with E-state index in [0.29, 0.717) is 5.56 Å². The molecule has 152 valence electrons. The summed E-state index contributed by atoms with van der Waals surface area (Å²) in [6, 6.07) is 4.31. The highest BCUT2D eigenvalue weighted by atomic mass is 19.4. The van der Waals surface area contributed by atoms with Crippen molar-refractivity contribution in [2.45, 2.75) is 39.4 Å². The number of anilines is 1. The van der Waals surface area contributed by atoms with E-state index in [-0.39, 0.29) is 11.4 Å². The first-order chi connectivity index (χ1) is 12.8. The lowest BCUT2D eigenvalue weighted by molar-refractivity contribution is -0.146. The lowest BCUT2D eigenvalue weighted by Crippen LogP contribution is -2.30. The van der Waals surface area contributed by atoms with Gasteiger partial charge in [-0.25, -0.2) is 4.79 Å². The predicted molar refractivity (Wildman–Crippen MR) is 94.5 cm³/mol. The zero-order valence-electron chi connectivity index (χ0n) is 15.7. The fraction of sp³-hybridized carbons (Fsp3) is 0.389. The number of nitrogens with zero attached hydrogens (tertiary/aromatic N) is 2. The smallest absolute Gasteiger partial charge is 0.433 e. The largest absolute Gasteiger partial charge is 0.482 e. The van der Waals surface area contributed by atoms with Crippen LogP contribution in [-0.4, -0.2) is 33.4 Å². The third-order valence-corrected chi connectivity index (χ3v) is 3.73. The highest BCUT2D eigenvalue weighted by Crippen LogP contribution is 2.35. The molecule has 1 amide bonds. The minimum absolute atomic E-state index is 0.259. The summed E-state index contributed by atoms with van der Waals surface area (Å²) < 4.78 is 46.4.